The number of hydrogen-bond donors (Lipinski definition) is 2. The Morgan fingerprint density at radius 1 is 0.909 bits per heavy atom. The van der Waals surface area contributed by atoms with E-state index >= 15 is 0 Å². The molecule has 4 rings (SSSR count). The second kappa shape index (κ2) is 9.51. The monoisotopic (exact) mass is 468 g/mol. The van der Waals surface area contributed by atoms with Gasteiger partial charge in [-0.1, -0.05) is 36.4 Å². The average Bonchev–Trinajstić information content (AvgIpc) is 2.83. The number of fused-ring (bicyclic) bond motifs is 2. The maximum absolute atomic E-state index is 12.7. The molecule has 0 unspecified atom stereocenters. The van der Waals surface area contributed by atoms with Crippen molar-refractivity contribution in [2.75, 3.05) is 20.8 Å². The van der Waals surface area contributed by atoms with Crippen LogP contribution in [-0.2, 0) is 14.8 Å². The molecule has 3 aromatic rings. The van der Waals surface area contributed by atoms with Gasteiger partial charge < -0.3 is 19.5 Å². The number of rotatable bonds is 8. The van der Waals surface area contributed by atoms with E-state index in [1.165, 1.54) is 32.4 Å². The van der Waals surface area contributed by atoms with Gasteiger partial charge in [-0.05, 0) is 24.3 Å². The molecule has 0 aliphatic carbocycles. The summed E-state index contributed by atoms with van der Waals surface area (Å²) in [5.74, 6) is 1.79. The summed E-state index contributed by atoms with van der Waals surface area (Å²) >= 11 is 0. The molecule has 172 valence electrons. The van der Waals surface area contributed by atoms with Crippen molar-refractivity contribution in [2.45, 2.75) is 17.4 Å². The van der Waals surface area contributed by atoms with E-state index in [1.54, 1.807) is 0 Å². The van der Waals surface area contributed by atoms with Gasteiger partial charge in [0.15, 0.2) is 11.5 Å². The van der Waals surface area contributed by atoms with Gasteiger partial charge in [0.2, 0.25) is 15.9 Å². The first-order valence-corrected chi connectivity index (χ1v) is 11.8. The molecule has 0 bridgehead atoms. The summed E-state index contributed by atoms with van der Waals surface area (Å²) in [4.78, 5) is 12.7. The minimum Gasteiger partial charge on any atom is -0.493 e. The minimum absolute atomic E-state index is 0.0212. The first-order chi connectivity index (χ1) is 15.9. The molecular weight excluding hydrogens is 444 g/mol. The Labute approximate surface area is 192 Å². The van der Waals surface area contributed by atoms with E-state index in [-0.39, 0.29) is 29.8 Å². The smallest absolute Gasteiger partial charge is 0.240 e. The summed E-state index contributed by atoms with van der Waals surface area (Å²) in [7, 11) is -0.930. The van der Waals surface area contributed by atoms with Gasteiger partial charge in [0, 0.05) is 30.2 Å². The maximum Gasteiger partial charge on any atom is 0.240 e. The van der Waals surface area contributed by atoms with Gasteiger partial charge in [0.1, 0.15) is 11.5 Å². The molecule has 9 heteroatoms. The molecule has 0 radical (unpaired) electrons. The van der Waals surface area contributed by atoms with Gasteiger partial charge in [0.05, 0.1) is 25.2 Å². The molecule has 0 atom stereocenters. The molecule has 3 aromatic carbocycles. The van der Waals surface area contributed by atoms with E-state index in [4.69, 9.17) is 14.2 Å². The van der Waals surface area contributed by atoms with Crippen LogP contribution in [0.25, 0.3) is 0 Å². The van der Waals surface area contributed by atoms with Crippen LogP contribution in [0.3, 0.4) is 0 Å². The highest BCUT2D eigenvalue weighted by molar-refractivity contribution is 7.89. The highest BCUT2D eigenvalue weighted by atomic mass is 32.2. The van der Waals surface area contributed by atoms with Gasteiger partial charge in [-0.15, -0.1) is 0 Å². The number of amides is 1. The lowest BCUT2D eigenvalue weighted by atomic mass is 9.94. The third-order valence-corrected chi connectivity index (χ3v) is 6.75. The number of carbonyl (C=O) groups is 1. The van der Waals surface area contributed by atoms with Gasteiger partial charge in [-0.25, -0.2) is 13.1 Å². The number of carbonyl (C=O) groups excluding carboxylic acids is 1. The second-order valence-corrected chi connectivity index (χ2v) is 9.11. The summed E-state index contributed by atoms with van der Waals surface area (Å²) < 4.78 is 44.0. The summed E-state index contributed by atoms with van der Waals surface area (Å²) in [6, 6.07) is 18.9. The van der Waals surface area contributed by atoms with Crippen molar-refractivity contribution in [2.24, 2.45) is 0 Å². The van der Waals surface area contributed by atoms with E-state index in [2.05, 4.69) is 10.0 Å². The van der Waals surface area contributed by atoms with Crippen molar-refractivity contribution < 1.29 is 27.4 Å². The summed E-state index contributed by atoms with van der Waals surface area (Å²) in [5.41, 5.74) is 1.69. The summed E-state index contributed by atoms with van der Waals surface area (Å²) in [6.07, 6.45) is -0.0335. The number of sulfonamides is 1. The Bertz CT molecular complexity index is 1230. The van der Waals surface area contributed by atoms with Crippen molar-refractivity contribution in [1.82, 2.24) is 10.0 Å². The zero-order chi connectivity index (χ0) is 23.4. The summed E-state index contributed by atoms with van der Waals surface area (Å²) in [6.45, 7) is -0.0605. The van der Waals surface area contributed by atoms with Gasteiger partial charge >= 0.3 is 0 Å². The first-order valence-electron chi connectivity index (χ1n) is 10.3. The van der Waals surface area contributed by atoms with Gasteiger partial charge in [-0.2, -0.15) is 0 Å². The molecule has 0 saturated heterocycles. The largest absolute Gasteiger partial charge is 0.493 e. The Balaban J connectivity index is 1.42. The zero-order valence-electron chi connectivity index (χ0n) is 18.2. The van der Waals surface area contributed by atoms with Gasteiger partial charge in [-0.3, -0.25) is 4.79 Å². The molecule has 8 nitrogen and oxygen atoms in total. The SMILES string of the molecule is COc1ccc(S(=O)(=O)NCCC(=O)NC2c3ccccc3Oc3ccccc32)cc1OC. The normalized spacial score (nSPS) is 12.8. The molecule has 0 spiro atoms. The topological polar surface area (TPSA) is 103 Å². The molecule has 1 aliphatic rings. The molecule has 0 fully saturated rings. The van der Waals surface area contributed by atoms with Crippen LogP contribution in [0.4, 0.5) is 0 Å². The first kappa shape index (κ1) is 22.6. The van der Waals surface area contributed by atoms with E-state index in [0.29, 0.717) is 23.0 Å². The van der Waals surface area contributed by atoms with E-state index in [0.717, 1.165) is 11.1 Å². The van der Waals surface area contributed by atoms with Crippen molar-refractivity contribution in [3.8, 4) is 23.0 Å². The van der Waals surface area contributed by atoms with Crippen molar-refractivity contribution in [3.63, 3.8) is 0 Å². The number of para-hydroxylation sites is 2. The Morgan fingerprint density at radius 2 is 1.52 bits per heavy atom. The predicted molar refractivity (Wildman–Crippen MR) is 122 cm³/mol. The highest BCUT2D eigenvalue weighted by Gasteiger charge is 2.28. The van der Waals surface area contributed by atoms with Crippen molar-refractivity contribution in [3.05, 3.63) is 77.9 Å². The molecule has 0 saturated carbocycles. The number of hydrogen-bond acceptors (Lipinski definition) is 6. The molecule has 1 aliphatic heterocycles. The Kier molecular flexibility index (Phi) is 6.52. The number of nitrogens with one attached hydrogen (secondary N) is 2. The second-order valence-electron chi connectivity index (χ2n) is 7.34. The molecule has 2 N–H and O–H groups in total. The third-order valence-electron chi connectivity index (χ3n) is 5.29. The number of methoxy groups -OCH3 is 2. The molecule has 0 aromatic heterocycles. The van der Waals surface area contributed by atoms with Crippen LogP contribution in [0.5, 0.6) is 23.0 Å². The fraction of sp³-hybridized carbons (Fsp3) is 0.208. The Hall–Kier alpha value is -3.56. The maximum atomic E-state index is 12.7. The van der Waals surface area contributed by atoms with Crippen molar-refractivity contribution in [1.29, 1.82) is 0 Å². The molecule has 1 amide bonds. The van der Waals surface area contributed by atoms with Crippen LogP contribution >= 0.6 is 0 Å². The Morgan fingerprint density at radius 3 is 2.12 bits per heavy atom. The zero-order valence-corrected chi connectivity index (χ0v) is 19.0. The quantitative estimate of drug-likeness (QED) is 0.525. The third kappa shape index (κ3) is 4.79. The van der Waals surface area contributed by atoms with Crippen LogP contribution in [0.15, 0.2) is 71.6 Å². The van der Waals surface area contributed by atoms with Crippen molar-refractivity contribution >= 4 is 15.9 Å². The number of ether oxygens (including phenoxy) is 3. The molecule has 1 heterocycles. The highest BCUT2D eigenvalue weighted by Crippen LogP contribution is 2.42. The van der Waals surface area contributed by atoms with Crippen LogP contribution < -0.4 is 24.2 Å². The molecular formula is C24H24N2O6S. The lowest BCUT2D eigenvalue weighted by Crippen LogP contribution is -2.34. The van der Waals surface area contributed by atoms with E-state index in [1.807, 2.05) is 48.5 Å². The van der Waals surface area contributed by atoms with Crippen LogP contribution in [0, 0.1) is 0 Å². The van der Waals surface area contributed by atoms with E-state index in [9.17, 15) is 13.2 Å². The lowest BCUT2D eigenvalue weighted by Gasteiger charge is -2.28. The van der Waals surface area contributed by atoms with Crippen LogP contribution in [-0.4, -0.2) is 35.1 Å². The van der Waals surface area contributed by atoms with Crippen LogP contribution in [0.1, 0.15) is 23.6 Å². The van der Waals surface area contributed by atoms with Crippen LogP contribution in [0.2, 0.25) is 0 Å². The lowest BCUT2D eigenvalue weighted by molar-refractivity contribution is -0.121. The average molecular weight is 469 g/mol. The van der Waals surface area contributed by atoms with Gasteiger partial charge in [0.25, 0.3) is 0 Å². The number of benzene rings is 3. The molecule has 33 heavy (non-hydrogen) atoms. The van der Waals surface area contributed by atoms with E-state index < -0.39 is 10.0 Å². The minimum atomic E-state index is -3.83. The predicted octanol–water partition coefficient (Wildman–Crippen LogP) is 3.38. The summed E-state index contributed by atoms with van der Waals surface area (Å²) in [5, 5.41) is 3.00. The fourth-order valence-electron chi connectivity index (χ4n) is 3.66. The standard InChI is InChI=1S/C24H24N2O6S/c1-30-21-12-11-16(15-22(21)31-2)33(28,29)25-14-13-23(27)26-24-17-7-3-5-9-19(17)32-20-10-6-4-8-18(20)24/h3-12,15,24-25H,13-14H2,1-2H3,(H,26,27). The fourth-order valence-corrected chi connectivity index (χ4v) is 4.71.